The number of hydrogen-bond acceptors (Lipinski definition) is 3. The Labute approximate surface area is 157 Å². The molecule has 0 aromatic rings. The van der Waals surface area contributed by atoms with Crippen molar-refractivity contribution >= 4 is 0 Å². The molecule has 0 bridgehead atoms. The lowest BCUT2D eigenvalue weighted by atomic mass is 10.1. The van der Waals surface area contributed by atoms with Crippen molar-refractivity contribution in [1.29, 1.82) is 0 Å². The van der Waals surface area contributed by atoms with Gasteiger partial charge in [-0.3, -0.25) is 0 Å². The van der Waals surface area contributed by atoms with E-state index in [1.165, 1.54) is 42.4 Å². The van der Waals surface area contributed by atoms with E-state index in [2.05, 4.69) is 63.2 Å². The molecule has 0 saturated carbocycles. The van der Waals surface area contributed by atoms with Crippen molar-refractivity contribution in [2.45, 2.75) is 66.2 Å². The molecule has 0 aliphatic carbocycles. The second-order valence-electron chi connectivity index (χ2n) is 7.46. The normalized spacial score (nSPS) is 12.8. The Morgan fingerprint density at radius 1 is 0.880 bits per heavy atom. The summed E-state index contributed by atoms with van der Waals surface area (Å²) in [4.78, 5) is 2.36. The Kier molecular flexibility index (Phi) is 16.0. The van der Waals surface area contributed by atoms with E-state index in [-0.39, 0.29) is 0 Å². The number of nitrogens with two attached hydrogens (primary N) is 1. The van der Waals surface area contributed by atoms with Crippen LogP contribution < -0.4 is 11.1 Å². The van der Waals surface area contributed by atoms with E-state index >= 15 is 0 Å². The Balaban J connectivity index is 3.69. The SMILES string of the molecule is CC(C)=CCC/C(C)=C/CC/C(C)=C/CNCCCN(C)CCCN. The first kappa shape index (κ1) is 24.1. The molecule has 0 rings (SSSR count). The summed E-state index contributed by atoms with van der Waals surface area (Å²) in [7, 11) is 2.18. The van der Waals surface area contributed by atoms with Crippen molar-refractivity contribution < 1.29 is 0 Å². The van der Waals surface area contributed by atoms with Gasteiger partial charge in [0.15, 0.2) is 0 Å². The lowest BCUT2D eigenvalue weighted by Crippen LogP contribution is -2.26. The molecule has 0 aliphatic heterocycles. The molecule has 3 N–H and O–H groups in total. The maximum Gasteiger partial charge on any atom is 0.0137 e. The van der Waals surface area contributed by atoms with Crippen molar-refractivity contribution in [3.05, 3.63) is 34.9 Å². The van der Waals surface area contributed by atoms with E-state index < -0.39 is 0 Å². The van der Waals surface area contributed by atoms with Gasteiger partial charge in [-0.15, -0.1) is 0 Å². The number of nitrogens with one attached hydrogen (secondary N) is 1. The van der Waals surface area contributed by atoms with E-state index in [1.54, 1.807) is 0 Å². The summed E-state index contributed by atoms with van der Waals surface area (Å²) in [5.41, 5.74) is 9.95. The highest BCUT2D eigenvalue weighted by molar-refractivity contribution is 5.05. The average Bonchev–Trinajstić information content (AvgIpc) is 2.55. The molecule has 3 heteroatoms. The highest BCUT2D eigenvalue weighted by atomic mass is 15.1. The predicted octanol–water partition coefficient (Wildman–Crippen LogP) is 4.67. The van der Waals surface area contributed by atoms with Crippen molar-refractivity contribution in [3.63, 3.8) is 0 Å². The zero-order valence-corrected chi connectivity index (χ0v) is 17.5. The number of hydrogen-bond donors (Lipinski definition) is 2. The van der Waals surface area contributed by atoms with Crippen LogP contribution in [0.2, 0.25) is 0 Å². The summed E-state index contributed by atoms with van der Waals surface area (Å²) >= 11 is 0. The third-order valence-electron chi connectivity index (χ3n) is 4.35. The molecular formula is C22H43N3. The average molecular weight is 350 g/mol. The van der Waals surface area contributed by atoms with Crippen molar-refractivity contribution in [2.24, 2.45) is 5.73 Å². The quantitative estimate of drug-likeness (QED) is 0.333. The van der Waals surface area contributed by atoms with Crippen LogP contribution in [0.5, 0.6) is 0 Å². The van der Waals surface area contributed by atoms with Gasteiger partial charge in [0.1, 0.15) is 0 Å². The van der Waals surface area contributed by atoms with E-state index in [0.29, 0.717) is 0 Å². The first-order chi connectivity index (χ1) is 12.0. The Morgan fingerprint density at radius 2 is 1.48 bits per heavy atom. The van der Waals surface area contributed by atoms with Gasteiger partial charge in [-0.1, -0.05) is 34.9 Å². The topological polar surface area (TPSA) is 41.3 Å². The van der Waals surface area contributed by atoms with Crippen LogP contribution in [-0.2, 0) is 0 Å². The molecular weight excluding hydrogens is 306 g/mol. The molecule has 3 nitrogen and oxygen atoms in total. The summed E-state index contributed by atoms with van der Waals surface area (Å²) < 4.78 is 0. The molecule has 0 saturated heterocycles. The maximum absolute atomic E-state index is 5.53. The van der Waals surface area contributed by atoms with Crippen molar-refractivity contribution in [3.8, 4) is 0 Å². The molecule has 0 spiro atoms. The Morgan fingerprint density at radius 3 is 2.12 bits per heavy atom. The van der Waals surface area contributed by atoms with Gasteiger partial charge in [0, 0.05) is 6.54 Å². The predicted molar refractivity (Wildman–Crippen MR) is 114 cm³/mol. The van der Waals surface area contributed by atoms with Crippen molar-refractivity contribution in [1.82, 2.24) is 10.2 Å². The summed E-state index contributed by atoms with van der Waals surface area (Å²) in [5.74, 6) is 0. The minimum atomic E-state index is 0.789. The lowest BCUT2D eigenvalue weighted by Gasteiger charge is -2.15. The van der Waals surface area contributed by atoms with E-state index in [0.717, 1.165) is 45.6 Å². The molecule has 0 amide bonds. The fourth-order valence-corrected chi connectivity index (χ4v) is 2.63. The molecule has 0 atom stereocenters. The first-order valence-corrected chi connectivity index (χ1v) is 9.99. The van der Waals surface area contributed by atoms with Crippen LogP contribution in [0.4, 0.5) is 0 Å². The van der Waals surface area contributed by atoms with Crippen LogP contribution in [0, 0.1) is 0 Å². The lowest BCUT2D eigenvalue weighted by molar-refractivity contribution is 0.325. The van der Waals surface area contributed by atoms with Gasteiger partial charge in [0.05, 0.1) is 0 Å². The molecule has 0 fully saturated rings. The van der Waals surface area contributed by atoms with Gasteiger partial charge in [-0.2, -0.15) is 0 Å². The van der Waals surface area contributed by atoms with Gasteiger partial charge >= 0.3 is 0 Å². The number of rotatable bonds is 15. The fraction of sp³-hybridized carbons (Fsp3) is 0.727. The van der Waals surface area contributed by atoms with Gasteiger partial charge in [-0.25, -0.2) is 0 Å². The van der Waals surface area contributed by atoms with Gasteiger partial charge < -0.3 is 16.0 Å². The first-order valence-electron chi connectivity index (χ1n) is 9.99. The second kappa shape index (κ2) is 16.6. The van der Waals surface area contributed by atoms with Crippen LogP contribution in [0.3, 0.4) is 0 Å². The summed E-state index contributed by atoms with van der Waals surface area (Å²) in [6.45, 7) is 13.9. The molecule has 0 radical (unpaired) electrons. The summed E-state index contributed by atoms with van der Waals surface area (Å²) in [6, 6.07) is 0. The van der Waals surface area contributed by atoms with Crippen LogP contribution >= 0.6 is 0 Å². The molecule has 0 aromatic carbocycles. The third kappa shape index (κ3) is 17.7. The van der Waals surface area contributed by atoms with E-state index in [1.807, 2.05) is 0 Å². The van der Waals surface area contributed by atoms with E-state index in [9.17, 15) is 0 Å². The van der Waals surface area contributed by atoms with Crippen LogP contribution in [-0.4, -0.2) is 44.7 Å². The van der Waals surface area contributed by atoms with Crippen LogP contribution in [0.1, 0.15) is 66.2 Å². The van der Waals surface area contributed by atoms with Crippen molar-refractivity contribution in [2.75, 3.05) is 39.8 Å². The van der Waals surface area contributed by atoms with Gasteiger partial charge in [-0.05, 0) is 99.4 Å². The standard InChI is InChI=1S/C22H43N3/c1-20(2)10-6-11-21(3)12-7-13-22(4)14-17-24-16-9-19-25(5)18-8-15-23/h10,12,14,24H,6-9,11,13,15-19,23H2,1-5H3/b21-12+,22-14+. The maximum atomic E-state index is 5.53. The molecule has 0 aromatic heterocycles. The van der Waals surface area contributed by atoms with Crippen LogP contribution in [0.15, 0.2) is 34.9 Å². The minimum absolute atomic E-state index is 0.789. The Hall–Kier alpha value is -0.900. The van der Waals surface area contributed by atoms with Crippen LogP contribution in [0.25, 0.3) is 0 Å². The smallest absolute Gasteiger partial charge is 0.0137 e. The number of nitrogens with zero attached hydrogens (tertiary/aromatic N) is 1. The largest absolute Gasteiger partial charge is 0.330 e. The monoisotopic (exact) mass is 349 g/mol. The fourth-order valence-electron chi connectivity index (χ4n) is 2.63. The highest BCUT2D eigenvalue weighted by Crippen LogP contribution is 2.11. The zero-order chi connectivity index (χ0) is 18.9. The molecule has 146 valence electrons. The molecule has 25 heavy (non-hydrogen) atoms. The summed E-state index contributed by atoms with van der Waals surface area (Å²) in [6.07, 6.45) is 14.0. The molecule has 0 unspecified atom stereocenters. The molecule has 0 aliphatic rings. The van der Waals surface area contributed by atoms with Gasteiger partial charge in [0.25, 0.3) is 0 Å². The second-order valence-corrected chi connectivity index (χ2v) is 7.46. The summed E-state index contributed by atoms with van der Waals surface area (Å²) in [5, 5.41) is 3.52. The van der Waals surface area contributed by atoms with Gasteiger partial charge in [0.2, 0.25) is 0 Å². The highest BCUT2D eigenvalue weighted by Gasteiger charge is 1.96. The Bertz CT molecular complexity index is 403. The minimum Gasteiger partial charge on any atom is -0.330 e. The zero-order valence-electron chi connectivity index (χ0n) is 17.5. The molecule has 0 heterocycles. The van der Waals surface area contributed by atoms with E-state index in [4.69, 9.17) is 5.73 Å². The number of allylic oxidation sites excluding steroid dienone is 5. The third-order valence-corrected chi connectivity index (χ3v) is 4.35.